The first kappa shape index (κ1) is 22.3. The second-order valence-corrected chi connectivity index (χ2v) is 8.89. The standard InChI is InChI=1S/C24H26N10O2/c25-23-27-13-17(14-28-23)20-19-15-29-34(21(19)31-24(30-20)33-9-11-36-12-10-33)18-3-7-32(8-4-18)22(35)16-1-5-26-6-2-16/h1-2,5-6,13-15,18H,3-4,7-12H2,(H2,25,27,28). The number of pyridine rings is 1. The minimum Gasteiger partial charge on any atom is -0.378 e. The van der Waals surface area contributed by atoms with Crippen molar-refractivity contribution >= 4 is 28.8 Å². The average molecular weight is 487 g/mol. The summed E-state index contributed by atoms with van der Waals surface area (Å²) in [6.45, 7) is 3.98. The molecule has 0 unspecified atom stereocenters. The van der Waals surface area contributed by atoms with Crippen LogP contribution in [-0.4, -0.2) is 84.9 Å². The van der Waals surface area contributed by atoms with Crippen molar-refractivity contribution in [3.8, 4) is 11.3 Å². The highest BCUT2D eigenvalue weighted by atomic mass is 16.5. The third kappa shape index (κ3) is 4.19. The summed E-state index contributed by atoms with van der Waals surface area (Å²) in [5.74, 6) is 0.870. The number of nitrogens with two attached hydrogens (primary N) is 1. The summed E-state index contributed by atoms with van der Waals surface area (Å²) in [6, 6.07) is 3.62. The fraction of sp³-hybridized carbons (Fsp3) is 0.375. The summed E-state index contributed by atoms with van der Waals surface area (Å²) in [7, 11) is 0. The monoisotopic (exact) mass is 486 g/mol. The number of hydrogen-bond acceptors (Lipinski definition) is 10. The Bertz CT molecular complexity index is 1360. The zero-order valence-corrected chi connectivity index (χ0v) is 19.7. The summed E-state index contributed by atoms with van der Waals surface area (Å²) in [5.41, 5.74) is 8.60. The molecule has 2 aliphatic rings. The molecule has 0 aromatic carbocycles. The SMILES string of the molecule is Nc1ncc(-c2nc(N3CCOCC3)nc3c2cnn3C2CCN(C(=O)c3ccncc3)CC2)cn1. The molecule has 0 spiro atoms. The second kappa shape index (κ2) is 9.46. The van der Waals surface area contributed by atoms with E-state index in [0.29, 0.717) is 50.9 Å². The molecule has 36 heavy (non-hydrogen) atoms. The number of hydrogen-bond donors (Lipinski definition) is 1. The van der Waals surface area contributed by atoms with E-state index in [-0.39, 0.29) is 17.9 Å². The van der Waals surface area contributed by atoms with Crippen molar-refractivity contribution in [3.63, 3.8) is 0 Å². The maximum Gasteiger partial charge on any atom is 0.253 e. The molecule has 0 aliphatic carbocycles. The van der Waals surface area contributed by atoms with Gasteiger partial charge in [-0.25, -0.2) is 19.6 Å². The minimum atomic E-state index is 0.0312. The normalized spacial score (nSPS) is 17.0. The first-order chi connectivity index (χ1) is 17.7. The van der Waals surface area contributed by atoms with Crippen molar-refractivity contribution in [1.82, 2.24) is 39.6 Å². The van der Waals surface area contributed by atoms with Crippen LogP contribution in [0, 0.1) is 0 Å². The number of rotatable bonds is 4. The van der Waals surface area contributed by atoms with Gasteiger partial charge in [-0.05, 0) is 25.0 Å². The van der Waals surface area contributed by atoms with Crippen LogP contribution in [-0.2, 0) is 4.74 Å². The van der Waals surface area contributed by atoms with Crippen LogP contribution >= 0.6 is 0 Å². The van der Waals surface area contributed by atoms with E-state index >= 15 is 0 Å². The van der Waals surface area contributed by atoms with Gasteiger partial charge in [-0.1, -0.05) is 0 Å². The van der Waals surface area contributed by atoms with Crippen LogP contribution in [0.15, 0.2) is 43.1 Å². The zero-order chi connectivity index (χ0) is 24.5. The molecule has 6 rings (SSSR count). The Kier molecular flexibility index (Phi) is 5.85. The van der Waals surface area contributed by atoms with E-state index in [1.54, 1.807) is 43.1 Å². The van der Waals surface area contributed by atoms with Crippen molar-refractivity contribution in [3.05, 3.63) is 48.7 Å². The third-order valence-corrected chi connectivity index (χ3v) is 6.71. The second-order valence-electron chi connectivity index (χ2n) is 8.89. The summed E-state index contributed by atoms with van der Waals surface area (Å²) < 4.78 is 7.50. The maximum absolute atomic E-state index is 12.9. The lowest BCUT2D eigenvalue weighted by atomic mass is 10.0. The number of nitrogens with zero attached hydrogens (tertiary/aromatic N) is 9. The van der Waals surface area contributed by atoms with Gasteiger partial charge in [0.1, 0.15) is 0 Å². The Morgan fingerprint density at radius 2 is 1.69 bits per heavy atom. The number of aromatic nitrogens is 7. The van der Waals surface area contributed by atoms with Crippen molar-refractivity contribution < 1.29 is 9.53 Å². The molecule has 2 fully saturated rings. The molecule has 2 saturated heterocycles. The van der Waals surface area contributed by atoms with Crippen LogP contribution in [0.3, 0.4) is 0 Å². The van der Waals surface area contributed by atoms with Gasteiger partial charge in [0.2, 0.25) is 11.9 Å². The predicted molar refractivity (Wildman–Crippen MR) is 132 cm³/mol. The maximum atomic E-state index is 12.9. The van der Waals surface area contributed by atoms with Gasteiger partial charge in [-0.2, -0.15) is 10.1 Å². The minimum absolute atomic E-state index is 0.0312. The van der Waals surface area contributed by atoms with Crippen molar-refractivity contribution in [1.29, 1.82) is 0 Å². The number of ether oxygens (including phenoxy) is 1. The number of anilines is 2. The highest BCUT2D eigenvalue weighted by Gasteiger charge is 2.28. The molecule has 0 bridgehead atoms. The molecule has 6 heterocycles. The third-order valence-electron chi connectivity index (χ3n) is 6.71. The summed E-state index contributed by atoms with van der Waals surface area (Å²) in [4.78, 5) is 39.0. The van der Waals surface area contributed by atoms with Crippen molar-refractivity contribution in [2.45, 2.75) is 18.9 Å². The van der Waals surface area contributed by atoms with Gasteiger partial charge in [0.15, 0.2) is 5.65 Å². The van der Waals surface area contributed by atoms with E-state index in [0.717, 1.165) is 35.1 Å². The van der Waals surface area contributed by atoms with Gasteiger partial charge in [-0.15, -0.1) is 0 Å². The number of morpholine rings is 1. The Hall–Kier alpha value is -4.19. The van der Waals surface area contributed by atoms with Crippen molar-refractivity contribution in [2.75, 3.05) is 50.0 Å². The lowest BCUT2D eigenvalue weighted by Crippen LogP contribution is -2.39. The number of carbonyl (C=O) groups excluding carboxylic acids is 1. The number of amides is 1. The van der Waals surface area contributed by atoms with Gasteiger partial charge < -0.3 is 20.3 Å². The molecule has 0 saturated carbocycles. The van der Waals surface area contributed by atoms with Crippen LogP contribution in [0.4, 0.5) is 11.9 Å². The quantitative estimate of drug-likeness (QED) is 0.452. The van der Waals surface area contributed by atoms with Gasteiger partial charge in [0, 0.05) is 62.1 Å². The molecule has 2 N–H and O–H groups in total. The molecule has 1 amide bonds. The van der Waals surface area contributed by atoms with Gasteiger partial charge >= 0.3 is 0 Å². The van der Waals surface area contributed by atoms with E-state index in [4.69, 9.17) is 25.5 Å². The molecule has 2 aliphatic heterocycles. The summed E-state index contributed by atoms with van der Waals surface area (Å²) >= 11 is 0. The predicted octanol–water partition coefficient (Wildman–Crippen LogP) is 1.57. The van der Waals surface area contributed by atoms with E-state index < -0.39 is 0 Å². The fourth-order valence-corrected chi connectivity index (χ4v) is 4.76. The lowest BCUT2D eigenvalue weighted by molar-refractivity contribution is 0.0691. The summed E-state index contributed by atoms with van der Waals surface area (Å²) in [6.07, 6.45) is 10.0. The van der Waals surface area contributed by atoms with Crippen LogP contribution in [0.1, 0.15) is 29.2 Å². The Labute approximate surface area is 207 Å². The van der Waals surface area contributed by atoms with Crippen LogP contribution in [0.25, 0.3) is 22.3 Å². The van der Waals surface area contributed by atoms with Crippen LogP contribution in [0.2, 0.25) is 0 Å². The average Bonchev–Trinajstić information content (AvgIpc) is 3.38. The largest absolute Gasteiger partial charge is 0.378 e. The van der Waals surface area contributed by atoms with Crippen molar-refractivity contribution in [2.24, 2.45) is 0 Å². The van der Waals surface area contributed by atoms with Gasteiger partial charge in [0.05, 0.1) is 36.5 Å². The van der Waals surface area contributed by atoms with Crippen LogP contribution in [0.5, 0.6) is 0 Å². The molecule has 12 heteroatoms. The highest BCUT2D eigenvalue weighted by molar-refractivity contribution is 5.94. The number of carbonyl (C=O) groups is 1. The molecular formula is C24H26N10O2. The Morgan fingerprint density at radius 3 is 2.42 bits per heavy atom. The molecule has 4 aromatic rings. The van der Waals surface area contributed by atoms with Crippen LogP contribution < -0.4 is 10.6 Å². The zero-order valence-electron chi connectivity index (χ0n) is 19.7. The number of likely N-dealkylation sites (tertiary alicyclic amines) is 1. The van der Waals surface area contributed by atoms with Gasteiger partial charge in [0.25, 0.3) is 5.91 Å². The van der Waals surface area contributed by atoms with E-state index in [1.165, 1.54) is 0 Å². The number of nitrogen functional groups attached to an aromatic ring is 1. The van der Waals surface area contributed by atoms with E-state index in [2.05, 4.69) is 19.9 Å². The topological polar surface area (TPSA) is 141 Å². The van der Waals surface area contributed by atoms with Gasteiger partial charge in [-0.3, -0.25) is 9.78 Å². The Balaban J connectivity index is 1.32. The summed E-state index contributed by atoms with van der Waals surface area (Å²) in [5, 5.41) is 5.56. The molecular weight excluding hydrogens is 460 g/mol. The molecule has 4 aromatic heterocycles. The molecule has 0 radical (unpaired) electrons. The van der Waals surface area contributed by atoms with E-state index in [9.17, 15) is 4.79 Å². The molecule has 12 nitrogen and oxygen atoms in total. The molecule has 0 atom stereocenters. The Morgan fingerprint density at radius 1 is 0.972 bits per heavy atom. The van der Waals surface area contributed by atoms with E-state index in [1.807, 2.05) is 9.58 Å². The number of piperidine rings is 1. The fourth-order valence-electron chi connectivity index (χ4n) is 4.76. The smallest absolute Gasteiger partial charge is 0.253 e. The lowest BCUT2D eigenvalue weighted by Gasteiger charge is -2.32. The highest BCUT2D eigenvalue weighted by Crippen LogP contribution is 2.32. The first-order valence-corrected chi connectivity index (χ1v) is 12.0. The first-order valence-electron chi connectivity index (χ1n) is 12.0. The molecule has 184 valence electrons. The number of fused-ring (bicyclic) bond motifs is 1.